The maximum atomic E-state index is 14.3. The average Bonchev–Trinajstić information content (AvgIpc) is 2.91. The van der Waals surface area contributed by atoms with Crippen molar-refractivity contribution in [1.29, 1.82) is 0 Å². The Labute approximate surface area is 165 Å². The van der Waals surface area contributed by atoms with Crippen LogP contribution >= 0.6 is 0 Å². The number of anilines is 1. The fourth-order valence-corrected chi connectivity index (χ4v) is 3.01. The Balaban J connectivity index is 1.46. The average molecular weight is 389 g/mol. The van der Waals surface area contributed by atoms with E-state index in [4.69, 9.17) is 9.26 Å². The number of hydrogen-bond acceptors (Lipinski definition) is 5. The molecule has 0 saturated carbocycles. The van der Waals surface area contributed by atoms with Gasteiger partial charge in [-0.3, -0.25) is 15.0 Å². The Hall–Kier alpha value is -2.41. The molecule has 6 nitrogen and oxygen atoms in total. The van der Waals surface area contributed by atoms with E-state index in [1.54, 1.807) is 12.1 Å². The first kappa shape index (κ1) is 20.3. The summed E-state index contributed by atoms with van der Waals surface area (Å²) in [5, 5.41) is 6.61. The van der Waals surface area contributed by atoms with E-state index in [-0.39, 0.29) is 17.6 Å². The van der Waals surface area contributed by atoms with Crippen molar-refractivity contribution >= 4 is 11.8 Å². The van der Waals surface area contributed by atoms with Crippen LogP contribution in [0.25, 0.3) is 0 Å². The number of nitrogens with one attached hydrogen (secondary N) is 1. The first-order chi connectivity index (χ1) is 13.3. The molecule has 7 heteroatoms. The Bertz CT molecular complexity index is 828. The fourth-order valence-electron chi connectivity index (χ4n) is 3.01. The molecule has 1 amide bonds. The number of aromatic nitrogens is 1. The SMILES string of the molecule is Cc1noc(NC(=O)C2CN(Cc3ccc(OCCC(C)C)cc3F)C2)c1C. The number of aryl methyl sites for hydroxylation is 1. The van der Waals surface area contributed by atoms with Gasteiger partial charge < -0.3 is 9.26 Å². The summed E-state index contributed by atoms with van der Waals surface area (Å²) in [6, 6.07) is 5.00. The highest BCUT2D eigenvalue weighted by Crippen LogP contribution is 2.25. The van der Waals surface area contributed by atoms with Crippen LogP contribution in [0, 0.1) is 31.5 Å². The number of carbonyl (C=O) groups excluding carboxylic acids is 1. The standard InChI is InChI=1S/C21H28FN3O3/c1-13(2)7-8-27-18-6-5-16(19(22)9-18)10-25-11-17(12-25)20(26)23-21-14(3)15(4)24-28-21/h5-6,9,13,17H,7-8,10-12H2,1-4H3,(H,23,26). The Morgan fingerprint density at radius 2 is 2.14 bits per heavy atom. The van der Waals surface area contributed by atoms with Crippen LogP contribution in [0.1, 0.15) is 37.1 Å². The molecule has 152 valence electrons. The van der Waals surface area contributed by atoms with E-state index in [9.17, 15) is 9.18 Å². The zero-order valence-corrected chi connectivity index (χ0v) is 16.9. The third-order valence-electron chi connectivity index (χ3n) is 5.10. The van der Waals surface area contributed by atoms with Gasteiger partial charge in [0.15, 0.2) is 0 Å². The molecule has 1 N–H and O–H groups in total. The summed E-state index contributed by atoms with van der Waals surface area (Å²) in [5.74, 6) is 1.01. The van der Waals surface area contributed by atoms with E-state index >= 15 is 0 Å². The van der Waals surface area contributed by atoms with Gasteiger partial charge in [-0.15, -0.1) is 0 Å². The Morgan fingerprint density at radius 3 is 2.75 bits per heavy atom. The summed E-state index contributed by atoms with van der Waals surface area (Å²) in [6.45, 7) is 10.2. The number of likely N-dealkylation sites (tertiary alicyclic amines) is 1. The van der Waals surface area contributed by atoms with Gasteiger partial charge >= 0.3 is 0 Å². The number of halogens is 1. The topological polar surface area (TPSA) is 67.6 Å². The Morgan fingerprint density at radius 1 is 1.39 bits per heavy atom. The van der Waals surface area contributed by atoms with Crippen LogP contribution in [0.4, 0.5) is 10.3 Å². The molecule has 0 aliphatic carbocycles. The summed E-state index contributed by atoms with van der Waals surface area (Å²) in [5.41, 5.74) is 2.21. The number of rotatable bonds is 8. The monoisotopic (exact) mass is 389 g/mol. The minimum absolute atomic E-state index is 0.0927. The molecule has 1 aromatic heterocycles. The molecule has 2 aromatic rings. The third-order valence-corrected chi connectivity index (χ3v) is 5.10. The predicted molar refractivity (Wildman–Crippen MR) is 105 cm³/mol. The quantitative estimate of drug-likeness (QED) is 0.741. The summed E-state index contributed by atoms with van der Waals surface area (Å²) >= 11 is 0. The maximum absolute atomic E-state index is 14.3. The van der Waals surface area contributed by atoms with E-state index in [1.807, 2.05) is 18.7 Å². The summed E-state index contributed by atoms with van der Waals surface area (Å²) in [7, 11) is 0. The van der Waals surface area contributed by atoms with Gasteiger partial charge in [0.05, 0.1) is 18.2 Å². The second kappa shape index (κ2) is 8.73. The second-order valence-corrected chi connectivity index (χ2v) is 7.89. The van der Waals surface area contributed by atoms with Gasteiger partial charge in [-0.25, -0.2) is 4.39 Å². The smallest absolute Gasteiger partial charge is 0.234 e. The highest BCUT2D eigenvalue weighted by Gasteiger charge is 2.33. The van der Waals surface area contributed by atoms with Crippen LogP contribution in [0.15, 0.2) is 22.7 Å². The minimum atomic E-state index is -0.275. The molecular weight excluding hydrogens is 361 g/mol. The molecule has 1 aliphatic rings. The number of benzene rings is 1. The Kier molecular flexibility index (Phi) is 6.34. The molecule has 0 radical (unpaired) electrons. The van der Waals surface area contributed by atoms with Gasteiger partial charge in [0.25, 0.3) is 0 Å². The van der Waals surface area contributed by atoms with Gasteiger partial charge in [-0.05, 0) is 32.3 Å². The second-order valence-electron chi connectivity index (χ2n) is 7.89. The molecule has 0 spiro atoms. The minimum Gasteiger partial charge on any atom is -0.493 e. The number of hydrogen-bond donors (Lipinski definition) is 1. The summed E-state index contributed by atoms with van der Waals surface area (Å²) in [6.07, 6.45) is 0.938. The molecular formula is C21H28FN3O3. The molecule has 1 saturated heterocycles. The van der Waals surface area contributed by atoms with Gasteiger partial charge in [-0.2, -0.15) is 0 Å². The van der Waals surface area contributed by atoms with Gasteiger partial charge in [0.2, 0.25) is 11.8 Å². The van der Waals surface area contributed by atoms with Crippen LogP contribution in [0.2, 0.25) is 0 Å². The molecule has 0 unspecified atom stereocenters. The predicted octanol–water partition coefficient (Wildman–Crippen LogP) is 3.93. The van der Waals surface area contributed by atoms with E-state index < -0.39 is 0 Å². The lowest BCUT2D eigenvalue weighted by Gasteiger charge is -2.38. The van der Waals surface area contributed by atoms with Crippen LogP contribution in [0.5, 0.6) is 5.75 Å². The van der Waals surface area contributed by atoms with Gasteiger partial charge in [0.1, 0.15) is 11.6 Å². The fraction of sp³-hybridized carbons (Fsp3) is 0.524. The largest absolute Gasteiger partial charge is 0.493 e. The lowest BCUT2D eigenvalue weighted by molar-refractivity contribution is -0.125. The number of amides is 1. The normalized spacial score (nSPS) is 14.9. The molecule has 1 aliphatic heterocycles. The zero-order valence-electron chi connectivity index (χ0n) is 16.9. The van der Waals surface area contributed by atoms with E-state index in [2.05, 4.69) is 24.3 Å². The lowest BCUT2D eigenvalue weighted by atomic mass is 9.98. The molecule has 3 rings (SSSR count). The molecule has 1 aromatic carbocycles. The molecule has 0 atom stereocenters. The van der Waals surface area contributed by atoms with E-state index in [0.29, 0.717) is 49.4 Å². The van der Waals surface area contributed by atoms with Crippen molar-refractivity contribution in [2.45, 2.75) is 40.7 Å². The lowest BCUT2D eigenvalue weighted by Crippen LogP contribution is -2.51. The maximum Gasteiger partial charge on any atom is 0.234 e. The van der Waals surface area contributed by atoms with Crippen molar-refractivity contribution in [3.63, 3.8) is 0 Å². The van der Waals surface area contributed by atoms with Crippen molar-refractivity contribution < 1.29 is 18.4 Å². The molecule has 28 heavy (non-hydrogen) atoms. The van der Waals surface area contributed by atoms with Crippen molar-refractivity contribution in [3.05, 3.63) is 40.8 Å². The third kappa shape index (κ3) is 4.90. The van der Waals surface area contributed by atoms with Crippen LogP contribution in [0.3, 0.4) is 0 Å². The highest BCUT2D eigenvalue weighted by atomic mass is 19.1. The number of carbonyl (C=O) groups is 1. The van der Waals surface area contributed by atoms with E-state index in [0.717, 1.165) is 17.7 Å². The van der Waals surface area contributed by atoms with Crippen LogP contribution in [-0.4, -0.2) is 35.7 Å². The van der Waals surface area contributed by atoms with Gasteiger partial charge in [0, 0.05) is 36.8 Å². The zero-order chi connectivity index (χ0) is 20.3. The van der Waals surface area contributed by atoms with Gasteiger partial charge in [-0.1, -0.05) is 25.1 Å². The molecule has 2 heterocycles. The van der Waals surface area contributed by atoms with Crippen LogP contribution in [-0.2, 0) is 11.3 Å². The summed E-state index contributed by atoms with van der Waals surface area (Å²) in [4.78, 5) is 14.3. The number of nitrogens with zero attached hydrogens (tertiary/aromatic N) is 2. The summed E-state index contributed by atoms with van der Waals surface area (Å²) < 4.78 is 25.1. The first-order valence-electron chi connectivity index (χ1n) is 9.70. The van der Waals surface area contributed by atoms with Crippen molar-refractivity contribution in [2.75, 3.05) is 25.0 Å². The van der Waals surface area contributed by atoms with Crippen molar-refractivity contribution in [2.24, 2.45) is 11.8 Å². The first-order valence-corrected chi connectivity index (χ1v) is 9.70. The number of ether oxygens (including phenoxy) is 1. The van der Waals surface area contributed by atoms with Crippen molar-refractivity contribution in [1.82, 2.24) is 10.1 Å². The highest BCUT2D eigenvalue weighted by molar-refractivity contribution is 5.92. The van der Waals surface area contributed by atoms with Crippen molar-refractivity contribution in [3.8, 4) is 5.75 Å². The van der Waals surface area contributed by atoms with Crippen LogP contribution < -0.4 is 10.1 Å². The molecule has 0 bridgehead atoms. The van der Waals surface area contributed by atoms with E-state index in [1.165, 1.54) is 6.07 Å². The molecule has 1 fully saturated rings.